The summed E-state index contributed by atoms with van der Waals surface area (Å²) in [5.74, 6) is 7.70. The van der Waals surface area contributed by atoms with Crippen LogP contribution in [-0.4, -0.2) is 11.8 Å². The first-order chi connectivity index (χ1) is 8.13. The van der Waals surface area contributed by atoms with Gasteiger partial charge in [0, 0.05) is 16.6 Å². The topological polar surface area (TPSA) is 26.0 Å². The predicted molar refractivity (Wildman–Crippen MR) is 78.0 cm³/mol. The molecule has 0 radical (unpaired) electrons. The van der Waals surface area contributed by atoms with Crippen LogP contribution in [0.15, 0.2) is 24.3 Å². The third-order valence-electron chi connectivity index (χ3n) is 2.74. The molecule has 1 aromatic carbocycles. The molecule has 0 aromatic heterocycles. The number of rotatable bonds is 4. The van der Waals surface area contributed by atoms with Gasteiger partial charge in [-0.1, -0.05) is 44.7 Å². The Kier molecular flexibility index (Phi) is 6.18. The van der Waals surface area contributed by atoms with Crippen molar-refractivity contribution in [2.75, 3.05) is 6.54 Å². The maximum atomic E-state index is 5.34. The van der Waals surface area contributed by atoms with Gasteiger partial charge in [0.15, 0.2) is 0 Å². The molecule has 0 heterocycles. The molecule has 92 valence electrons. The van der Waals surface area contributed by atoms with E-state index in [0.717, 1.165) is 17.2 Å². The average Bonchev–Trinajstić information content (AvgIpc) is 2.34. The molecular weight excluding hydrogens is 226 g/mol. The lowest BCUT2D eigenvalue weighted by Gasteiger charge is -2.14. The van der Waals surface area contributed by atoms with Crippen molar-refractivity contribution in [3.63, 3.8) is 0 Å². The standard InChI is InChI=1S/C15H21NS/c1-12(2)13(3)17-11-15-8-6-14(7-9-15)5-4-10-16/h6-9,12-13H,10-11,16H2,1-3H3. The minimum absolute atomic E-state index is 0.420. The Morgan fingerprint density at radius 2 is 1.82 bits per heavy atom. The van der Waals surface area contributed by atoms with E-state index in [1.165, 1.54) is 5.56 Å². The highest BCUT2D eigenvalue weighted by atomic mass is 32.2. The van der Waals surface area contributed by atoms with Crippen LogP contribution in [0.5, 0.6) is 0 Å². The highest BCUT2D eigenvalue weighted by molar-refractivity contribution is 7.99. The molecule has 0 aliphatic rings. The van der Waals surface area contributed by atoms with E-state index in [1.807, 2.05) is 11.8 Å². The smallest absolute Gasteiger partial charge is 0.0555 e. The highest BCUT2D eigenvalue weighted by Gasteiger charge is 2.07. The van der Waals surface area contributed by atoms with Crippen LogP contribution in [-0.2, 0) is 5.75 Å². The molecule has 2 heteroatoms. The Labute approximate surface area is 109 Å². The van der Waals surface area contributed by atoms with Crippen molar-refractivity contribution in [2.24, 2.45) is 11.7 Å². The summed E-state index contributed by atoms with van der Waals surface area (Å²) in [5, 5.41) is 0.701. The van der Waals surface area contributed by atoms with Gasteiger partial charge in [-0.3, -0.25) is 0 Å². The Balaban J connectivity index is 2.51. The van der Waals surface area contributed by atoms with Gasteiger partial charge >= 0.3 is 0 Å². The molecule has 17 heavy (non-hydrogen) atoms. The van der Waals surface area contributed by atoms with E-state index in [9.17, 15) is 0 Å². The van der Waals surface area contributed by atoms with E-state index >= 15 is 0 Å². The maximum absolute atomic E-state index is 5.34. The summed E-state index contributed by atoms with van der Waals surface area (Å²) in [6.45, 7) is 7.24. The summed E-state index contributed by atoms with van der Waals surface area (Å²) in [5.41, 5.74) is 7.74. The van der Waals surface area contributed by atoms with Crippen molar-refractivity contribution in [1.82, 2.24) is 0 Å². The first kappa shape index (κ1) is 14.2. The molecule has 0 fully saturated rings. The fourth-order valence-corrected chi connectivity index (χ4v) is 2.29. The second kappa shape index (κ2) is 7.42. The van der Waals surface area contributed by atoms with Gasteiger partial charge in [-0.2, -0.15) is 11.8 Å². The van der Waals surface area contributed by atoms with E-state index in [4.69, 9.17) is 5.73 Å². The van der Waals surface area contributed by atoms with Crippen LogP contribution in [0.25, 0.3) is 0 Å². The van der Waals surface area contributed by atoms with Crippen LogP contribution >= 0.6 is 11.8 Å². The minimum Gasteiger partial charge on any atom is -0.320 e. The number of nitrogens with two attached hydrogens (primary N) is 1. The van der Waals surface area contributed by atoms with Gasteiger partial charge < -0.3 is 5.73 Å². The summed E-state index contributed by atoms with van der Waals surface area (Å²) < 4.78 is 0. The number of thioether (sulfide) groups is 1. The van der Waals surface area contributed by atoms with Gasteiger partial charge in [0.1, 0.15) is 0 Å². The average molecular weight is 247 g/mol. The van der Waals surface area contributed by atoms with Crippen LogP contribution in [0, 0.1) is 17.8 Å². The Morgan fingerprint density at radius 1 is 1.18 bits per heavy atom. The number of hydrogen-bond acceptors (Lipinski definition) is 2. The van der Waals surface area contributed by atoms with Crippen LogP contribution < -0.4 is 5.73 Å². The zero-order chi connectivity index (χ0) is 12.7. The van der Waals surface area contributed by atoms with Crippen LogP contribution in [0.2, 0.25) is 0 Å². The SMILES string of the molecule is CC(C)C(C)SCc1ccc(C#CCN)cc1. The van der Waals surface area contributed by atoms with Crippen LogP contribution in [0.3, 0.4) is 0 Å². The lowest BCUT2D eigenvalue weighted by Crippen LogP contribution is -2.05. The second-order valence-electron chi connectivity index (χ2n) is 4.46. The van der Waals surface area contributed by atoms with E-state index in [0.29, 0.717) is 11.8 Å². The van der Waals surface area contributed by atoms with Crippen molar-refractivity contribution in [3.05, 3.63) is 35.4 Å². The van der Waals surface area contributed by atoms with Crippen molar-refractivity contribution < 1.29 is 0 Å². The molecule has 2 N–H and O–H groups in total. The maximum Gasteiger partial charge on any atom is 0.0555 e. The van der Waals surface area contributed by atoms with Crippen LogP contribution in [0.4, 0.5) is 0 Å². The van der Waals surface area contributed by atoms with Gasteiger partial charge in [0.25, 0.3) is 0 Å². The predicted octanol–water partition coefficient (Wildman–Crippen LogP) is 3.27. The monoisotopic (exact) mass is 247 g/mol. The Bertz CT molecular complexity index is 384. The molecule has 0 saturated carbocycles. The van der Waals surface area contributed by atoms with E-state index in [-0.39, 0.29) is 0 Å². The molecule has 1 nitrogen and oxygen atoms in total. The minimum atomic E-state index is 0.420. The molecule has 1 rings (SSSR count). The number of hydrogen-bond donors (Lipinski definition) is 1. The third-order valence-corrected chi connectivity index (χ3v) is 4.31. The Morgan fingerprint density at radius 3 is 2.35 bits per heavy atom. The molecule has 1 atom stereocenters. The second-order valence-corrected chi connectivity index (χ2v) is 5.83. The summed E-state index contributed by atoms with van der Waals surface area (Å²) in [7, 11) is 0. The fourth-order valence-electron chi connectivity index (χ4n) is 1.26. The zero-order valence-corrected chi connectivity index (χ0v) is 11.7. The largest absolute Gasteiger partial charge is 0.320 e. The normalized spacial score (nSPS) is 12.1. The van der Waals surface area contributed by atoms with Gasteiger partial charge in [0.05, 0.1) is 6.54 Å². The molecular formula is C15H21NS. The first-order valence-corrected chi connectivity index (χ1v) is 7.08. The zero-order valence-electron chi connectivity index (χ0n) is 10.9. The van der Waals surface area contributed by atoms with E-state index < -0.39 is 0 Å². The van der Waals surface area contributed by atoms with Crippen molar-refractivity contribution >= 4 is 11.8 Å². The van der Waals surface area contributed by atoms with Gasteiger partial charge in [0.2, 0.25) is 0 Å². The summed E-state index contributed by atoms with van der Waals surface area (Å²) in [4.78, 5) is 0. The molecule has 0 bridgehead atoms. The molecule has 1 aromatic rings. The van der Waals surface area contributed by atoms with Crippen molar-refractivity contribution in [3.8, 4) is 11.8 Å². The molecule has 0 aliphatic carbocycles. The summed E-state index contributed by atoms with van der Waals surface area (Å²) in [6.07, 6.45) is 0. The number of benzene rings is 1. The molecule has 0 saturated heterocycles. The summed E-state index contributed by atoms with van der Waals surface area (Å²) >= 11 is 2.01. The van der Waals surface area contributed by atoms with E-state index in [2.05, 4.69) is 56.9 Å². The quantitative estimate of drug-likeness (QED) is 0.826. The molecule has 0 spiro atoms. The van der Waals surface area contributed by atoms with Crippen molar-refractivity contribution in [1.29, 1.82) is 0 Å². The molecule has 1 unspecified atom stereocenters. The van der Waals surface area contributed by atoms with Gasteiger partial charge in [-0.05, 0) is 23.6 Å². The van der Waals surface area contributed by atoms with Crippen molar-refractivity contribution in [2.45, 2.75) is 31.8 Å². The lowest BCUT2D eigenvalue weighted by atomic mass is 10.1. The highest BCUT2D eigenvalue weighted by Crippen LogP contribution is 2.23. The molecule has 0 aliphatic heterocycles. The molecule has 0 amide bonds. The van der Waals surface area contributed by atoms with Gasteiger partial charge in [-0.15, -0.1) is 0 Å². The van der Waals surface area contributed by atoms with E-state index in [1.54, 1.807) is 0 Å². The summed E-state index contributed by atoms with van der Waals surface area (Å²) in [6, 6.07) is 8.44. The van der Waals surface area contributed by atoms with Crippen LogP contribution in [0.1, 0.15) is 31.9 Å². The first-order valence-electron chi connectivity index (χ1n) is 6.03. The van der Waals surface area contributed by atoms with Gasteiger partial charge in [-0.25, -0.2) is 0 Å². The Hall–Kier alpha value is -0.910. The lowest BCUT2D eigenvalue weighted by molar-refractivity contribution is 0.642. The third kappa shape index (κ3) is 5.30. The fraction of sp³-hybridized carbons (Fsp3) is 0.467.